The van der Waals surface area contributed by atoms with E-state index < -0.39 is 6.09 Å². The summed E-state index contributed by atoms with van der Waals surface area (Å²) in [4.78, 5) is 9.85. The summed E-state index contributed by atoms with van der Waals surface area (Å²) in [5, 5.41) is 2.25. The van der Waals surface area contributed by atoms with Crippen molar-refractivity contribution in [1.29, 1.82) is 0 Å². The maximum absolute atomic E-state index is 9.85. The van der Waals surface area contributed by atoms with E-state index in [9.17, 15) is 4.79 Å². The molecule has 0 aliphatic heterocycles. The minimum atomic E-state index is -0.407. The second-order valence-electron chi connectivity index (χ2n) is 0.742. The zero-order valence-electron chi connectivity index (χ0n) is 7.82. The molecular formula is C7H19NO2. The fraction of sp³-hybridized carbons (Fsp3) is 0.857. The van der Waals surface area contributed by atoms with E-state index in [2.05, 4.69) is 10.1 Å². The predicted molar refractivity (Wildman–Crippen MR) is 44.2 cm³/mol. The van der Waals surface area contributed by atoms with Gasteiger partial charge < -0.3 is 10.1 Å². The van der Waals surface area contributed by atoms with Crippen molar-refractivity contribution in [3.8, 4) is 0 Å². The van der Waals surface area contributed by atoms with Crippen molar-refractivity contribution in [2.24, 2.45) is 0 Å². The molecule has 0 aromatic rings. The molecule has 0 fully saturated rings. The fourth-order valence-corrected chi connectivity index (χ4v) is 0.102. The van der Waals surface area contributed by atoms with Gasteiger partial charge in [-0.1, -0.05) is 27.7 Å². The Labute approximate surface area is 63.8 Å². The van der Waals surface area contributed by atoms with Crippen molar-refractivity contribution >= 4 is 6.09 Å². The van der Waals surface area contributed by atoms with Crippen molar-refractivity contribution in [1.82, 2.24) is 5.32 Å². The number of hydrogen-bond acceptors (Lipinski definition) is 2. The van der Waals surface area contributed by atoms with Crippen LogP contribution in [-0.4, -0.2) is 20.3 Å². The average Bonchev–Trinajstić information content (AvgIpc) is 2.10. The van der Waals surface area contributed by atoms with Crippen molar-refractivity contribution in [3.05, 3.63) is 0 Å². The van der Waals surface area contributed by atoms with Crippen LogP contribution < -0.4 is 5.32 Å². The summed E-state index contributed by atoms with van der Waals surface area (Å²) in [5.41, 5.74) is 0. The van der Waals surface area contributed by atoms with Crippen LogP contribution in [-0.2, 0) is 4.74 Å². The quantitative estimate of drug-likeness (QED) is 0.572. The van der Waals surface area contributed by atoms with E-state index in [1.54, 1.807) is 0 Å². The first-order valence-electron chi connectivity index (χ1n) is 3.57. The Bertz CT molecular complexity index is 49.6. The molecule has 0 aliphatic rings. The van der Waals surface area contributed by atoms with Crippen LogP contribution in [0.1, 0.15) is 27.7 Å². The number of ether oxygens (including phenoxy) is 1. The number of methoxy groups -OCH3 is 1. The number of rotatable bonds is 0. The topological polar surface area (TPSA) is 38.3 Å². The molecule has 0 bridgehead atoms. The molecular weight excluding hydrogens is 130 g/mol. The van der Waals surface area contributed by atoms with Gasteiger partial charge in [-0.15, -0.1) is 0 Å². The largest absolute Gasteiger partial charge is 0.453 e. The molecule has 0 spiro atoms. The fourth-order valence-electron chi connectivity index (χ4n) is 0.102. The summed E-state index contributed by atoms with van der Waals surface area (Å²) in [6.07, 6.45) is -0.407. The molecule has 0 unspecified atom stereocenters. The maximum atomic E-state index is 9.85. The molecule has 0 atom stereocenters. The second kappa shape index (κ2) is 24.0. The zero-order valence-corrected chi connectivity index (χ0v) is 7.82. The molecule has 3 heteroatoms. The van der Waals surface area contributed by atoms with Crippen LogP contribution in [0.15, 0.2) is 0 Å². The van der Waals surface area contributed by atoms with E-state index in [1.807, 2.05) is 27.7 Å². The van der Waals surface area contributed by atoms with E-state index in [0.717, 1.165) is 0 Å². The van der Waals surface area contributed by atoms with Gasteiger partial charge in [-0.05, 0) is 0 Å². The van der Waals surface area contributed by atoms with Crippen molar-refractivity contribution < 1.29 is 9.53 Å². The van der Waals surface area contributed by atoms with Gasteiger partial charge in [0.05, 0.1) is 7.11 Å². The van der Waals surface area contributed by atoms with Crippen LogP contribution in [0.2, 0.25) is 0 Å². The molecule has 0 heterocycles. The summed E-state index contributed by atoms with van der Waals surface area (Å²) >= 11 is 0. The number of carbonyl (C=O) groups excluding carboxylic acids is 1. The van der Waals surface area contributed by atoms with E-state index in [0.29, 0.717) is 0 Å². The van der Waals surface area contributed by atoms with Gasteiger partial charge >= 0.3 is 6.09 Å². The lowest BCUT2D eigenvalue weighted by molar-refractivity contribution is 0.173. The Morgan fingerprint density at radius 2 is 1.50 bits per heavy atom. The van der Waals surface area contributed by atoms with Gasteiger partial charge in [0.25, 0.3) is 0 Å². The first-order chi connectivity index (χ1) is 4.81. The van der Waals surface area contributed by atoms with Gasteiger partial charge in [-0.2, -0.15) is 0 Å². The third-order valence-corrected chi connectivity index (χ3v) is 0.390. The number of amides is 1. The predicted octanol–water partition coefficient (Wildman–Crippen LogP) is 2.02. The Kier molecular flexibility index (Phi) is 38.7. The normalized spacial score (nSPS) is 5.40. The third-order valence-electron chi connectivity index (χ3n) is 0.390. The molecule has 64 valence electrons. The first-order valence-corrected chi connectivity index (χ1v) is 3.57. The summed E-state index contributed by atoms with van der Waals surface area (Å²) in [7, 11) is 2.82. The van der Waals surface area contributed by atoms with Crippen LogP contribution in [0.4, 0.5) is 4.79 Å². The minimum Gasteiger partial charge on any atom is -0.453 e. The highest BCUT2D eigenvalue weighted by atomic mass is 16.5. The molecule has 0 saturated carbocycles. The summed E-state index contributed by atoms with van der Waals surface area (Å²) in [6.45, 7) is 8.00. The van der Waals surface area contributed by atoms with Crippen LogP contribution in [0.3, 0.4) is 0 Å². The Hall–Kier alpha value is -0.730. The lowest BCUT2D eigenvalue weighted by atomic mass is 11.0. The van der Waals surface area contributed by atoms with Gasteiger partial charge in [-0.25, -0.2) is 4.79 Å². The molecule has 3 nitrogen and oxygen atoms in total. The molecule has 10 heavy (non-hydrogen) atoms. The SMILES string of the molecule is CC.CC.CNC(=O)OC. The van der Waals surface area contributed by atoms with Crippen LogP contribution in [0, 0.1) is 0 Å². The van der Waals surface area contributed by atoms with E-state index in [1.165, 1.54) is 14.2 Å². The van der Waals surface area contributed by atoms with Crippen LogP contribution >= 0.6 is 0 Å². The highest BCUT2D eigenvalue weighted by Gasteiger charge is 1.85. The highest BCUT2D eigenvalue weighted by Crippen LogP contribution is 1.62. The minimum absolute atomic E-state index is 0.407. The van der Waals surface area contributed by atoms with Gasteiger partial charge in [0.2, 0.25) is 0 Å². The highest BCUT2D eigenvalue weighted by molar-refractivity contribution is 5.66. The lowest BCUT2D eigenvalue weighted by Crippen LogP contribution is -2.16. The van der Waals surface area contributed by atoms with Crippen molar-refractivity contribution in [2.75, 3.05) is 14.2 Å². The van der Waals surface area contributed by atoms with Gasteiger partial charge in [0.1, 0.15) is 0 Å². The van der Waals surface area contributed by atoms with E-state index in [-0.39, 0.29) is 0 Å². The Morgan fingerprint density at radius 1 is 1.20 bits per heavy atom. The van der Waals surface area contributed by atoms with Crippen molar-refractivity contribution in [2.45, 2.75) is 27.7 Å². The lowest BCUT2D eigenvalue weighted by Gasteiger charge is -1.90. The van der Waals surface area contributed by atoms with Crippen LogP contribution in [0.25, 0.3) is 0 Å². The molecule has 1 amide bonds. The Morgan fingerprint density at radius 3 is 1.50 bits per heavy atom. The number of nitrogens with one attached hydrogen (secondary N) is 1. The maximum Gasteiger partial charge on any atom is 0.406 e. The van der Waals surface area contributed by atoms with Crippen LogP contribution in [0.5, 0.6) is 0 Å². The summed E-state index contributed by atoms with van der Waals surface area (Å²) < 4.78 is 4.15. The standard InChI is InChI=1S/C3H7NO2.2C2H6/c1-4-3(5)6-2;2*1-2/h1-2H3,(H,4,5);2*1-2H3. The molecule has 0 radical (unpaired) electrons. The third kappa shape index (κ3) is 26.7. The number of hydrogen-bond donors (Lipinski definition) is 1. The molecule has 0 aliphatic carbocycles. The first kappa shape index (κ1) is 16.1. The molecule has 1 N–H and O–H groups in total. The van der Waals surface area contributed by atoms with Crippen molar-refractivity contribution in [3.63, 3.8) is 0 Å². The zero-order chi connectivity index (χ0) is 8.99. The number of carbonyl (C=O) groups is 1. The van der Waals surface area contributed by atoms with E-state index >= 15 is 0 Å². The monoisotopic (exact) mass is 149 g/mol. The Balaban J connectivity index is -0.000000105. The molecule has 0 rings (SSSR count). The number of alkyl carbamates (subject to hydrolysis) is 1. The average molecular weight is 149 g/mol. The summed E-state index contributed by atoms with van der Waals surface area (Å²) in [6, 6.07) is 0. The summed E-state index contributed by atoms with van der Waals surface area (Å²) in [5.74, 6) is 0. The molecule has 0 aromatic carbocycles. The van der Waals surface area contributed by atoms with Gasteiger partial charge in [0, 0.05) is 7.05 Å². The molecule has 0 saturated heterocycles. The van der Waals surface area contributed by atoms with Gasteiger partial charge in [-0.3, -0.25) is 0 Å². The smallest absolute Gasteiger partial charge is 0.406 e. The van der Waals surface area contributed by atoms with Gasteiger partial charge in [0.15, 0.2) is 0 Å². The van der Waals surface area contributed by atoms with E-state index in [4.69, 9.17) is 0 Å². The molecule has 0 aromatic heterocycles. The second-order valence-corrected chi connectivity index (χ2v) is 0.742.